The molecule has 0 radical (unpaired) electrons. The third-order valence-corrected chi connectivity index (χ3v) is 7.82. The van der Waals surface area contributed by atoms with Gasteiger partial charge in [-0.25, -0.2) is 9.78 Å². The van der Waals surface area contributed by atoms with Crippen LogP contribution in [0.3, 0.4) is 0 Å². The van der Waals surface area contributed by atoms with Crippen LogP contribution >= 0.6 is 0 Å². The molecule has 0 bridgehead atoms. The van der Waals surface area contributed by atoms with Gasteiger partial charge >= 0.3 is 12.0 Å². The van der Waals surface area contributed by atoms with Crippen LogP contribution in [0.2, 0.25) is 0 Å². The van der Waals surface area contributed by atoms with E-state index in [2.05, 4.69) is 27.6 Å². The number of carbonyl (C=O) groups excluding carboxylic acids is 4. The van der Waals surface area contributed by atoms with Gasteiger partial charge in [0.05, 0.1) is 31.0 Å². The minimum atomic E-state index is -1.66. The van der Waals surface area contributed by atoms with Crippen LogP contribution in [0.5, 0.6) is 11.5 Å². The number of fused-ring (bicyclic) bond motifs is 1. The normalized spacial score (nSPS) is 17.0. The van der Waals surface area contributed by atoms with Crippen molar-refractivity contribution in [2.45, 2.75) is 32.9 Å². The number of imide groups is 1. The van der Waals surface area contributed by atoms with Crippen LogP contribution in [0.4, 0.5) is 4.79 Å². The Bertz CT molecular complexity index is 2000. The minimum Gasteiger partial charge on any atom is -0.497 e. The molecule has 2 aromatic carbocycles. The summed E-state index contributed by atoms with van der Waals surface area (Å²) in [5.74, 6) is 5.43. The van der Waals surface area contributed by atoms with Crippen LogP contribution in [-0.4, -0.2) is 62.7 Å². The predicted octanol–water partition coefficient (Wildman–Crippen LogP) is 3.69. The lowest BCUT2D eigenvalue weighted by atomic mass is 9.97. The largest absolute Gasteiger partial charge is 0.497 e. The number of amides is 4. The van der Waals surface area contributed by atoms with E-state index in [0.717, 1.165) is 11.1 Å². The van der Waals surface area contributed by atoms with E-state index in [9.17, 15) is 19.2 Å². The Labute approximate surface area is 271 Å². The number of methoxy groups -OCH3 is 1. The first kappa shape index (κ1) is 31.0. The van der Waals surface area contributed by atoms with Gasteiger partial charge in [-0.15, -0.1) is 0 Å². The van der Waals surface area contributed by atoms with Crippen LogP contribution in [0.1, 0.15) is 42.3 Å². The smallest absolute Gasteiger partial charge is 0.323 e. The number of carbonyl (C=O) groups is 4. The molecule has 6 rings (SSSR count). The summed E-state index contributed by atoms with van der Waals surface area (Å²) in [6.45, 7) is 5.42. The summed E-state index contributed by atoms with van der Waals surface area (Å²) < 4.78 is 12.7. The Morgan fingerprint density at radius 1 is 1.04 bits per heavy atom. The maximum Gasteiger partial charge on any atom is 0.323 e. The van der Waals surface area contributed by atoms with Crippen LogP contribution in [-0.2, 0) is 23.2 Å². The molecule has 0 saturated carbocycles. The van der Waals surface area contributed by atoms with E-state index in [1.54, 1.807) is 86.2 Å². The summed E-state index contributed by atoms with van der Waals surface area (Å²) in [4.78, 5) is 57.6. The van der Waals surface area contributed by atoms with Crippen molar-refractivity contribution in [1.82, 2.24) is 30.3 Å². The number of aryl methyl sites for hydroxylation is 1. The van der Waals surface area contributed by atoms with E-state index < -0.39 is 28.9 Å². The van der Waals surface area contributed by atoms with E-state index in [4.69, 9.17) is 14.5 Å². The highest BCUT2D eigenvalue weighted by atomic mass is 16.5. The molecule has 2 aliphatic heterocycles. The second-order valence-corrected chi connectivity index (χ2v) is 12.4. The lowest BCUT2D eigenvalue weighted by molar-refractivity contribution is -0.143. The van der Waals surface area contributed by atoms with E-state index in [0.29, 0.717) is 39.6 Å². The number of urea groups is 1. The third kappa shape index (κ3) is 6.15. The third-order valence-electron chi connectivity index (χ3n) is 7.82. The van der Waals surface area contributed by atoms with Crippen molar-refractivity contribution in [3.05, 3.63) is 83.7 Å². The molecule has 2 N–H and O–H groups in total. The maximum atomic E-state index is 13.2. The lowest BCUT2D eigenvalue weighted by Crippen LogP contribution is -2.54. The number of nitrogens with zero attached hydrogens (tertiary/aromatic N) is 4. The van der Waals surface area contributed by atoms with Crippen LogP contribution < -0.4 is 20.1 Å². The zero-order valence-corrected chi connectivity index (χ0v) is 26.5. The van der Waals surface area contributed by atoms with E-state index in [1.807, 2.05) is 13.2 Å². The highest BCUT2D eigenvalue weighted by Gasteiger charge is 2.48. The number of benzene rings is 2. The first-order valence-electron chi connectivity index (χ1n) is 14.8. The minimum absolute atomic E-state index is 0.154. The molecule has 0 spiro atoms. The van der Waals surface area contributed by atoms with Crippen molar-refractivity contribution in [3.8, 4) is 45.9 Å². The molecule has 2 aliphatic rings. The van der Waals surface area contributed by atoms with Crippen LogP contribution in [0.25, 0.3) is 22.5 Å². The molecule has 12 heteroatoms. The van der Waals surface area contributed by atoms with Gasteiger partial charge in [0.25, 0.3) is 11.8 Å². The summed E-state index contributed by atoms with van der Waals surface area (Å²) in [7, 11) is 3.33. The van der Waals surface area contributed by atoms with Crippen molar-refractivity contribution in [1.29, 1.82) is 0 Å². The second kappa shape index (κ2) is 11.8. The molecule has 238 valence electrons. The average molecular weight is 633 g/mol. The molecule has 1 atom stereocenters. The van der Waals surface area contributed by atoms with Gasteiger partial charge in [0.2, 0.25) is 5.54 Å². The molecule has 47 heavy (non-hydrogen) atoms. The first-order valence-corrected chi connectivity index (χ1v) is 14.8. The predicted molar refractivity (Wildman–Crippen MR) is 171 cm³/mol. The van der Waals surface area contributed by atoms with Crippen molar-refractivity contribution in [2.24, 2.45) is 12.5 Å². The van der Waals surface area contributed by atoms with Gasteiger partial charge in [-0.1, -0.05) is 30.0 Å². The fraction of sp³-hybridized carbons (Fsp3) is 0.257. The average Bonchev–Trinajstić information content (AvgIpc) is 3.70. The molecule has 1 fully saturated rings. The standard InChI is InChI=1S/C35H32N6O6/c1-34(2,3)32(44)47-28-13-12-27(24-17-36-40(4)18-24)37-29(28)22-8-6-21(7-9-22)14-15-35(31(43)38-33(45)39-35)20-41-19-23-10-11-25(46-5)16-26(23)30(41)42/h6-13,16-18H,19-20H2,1-5H3,(H2,38,39,43,45)/t35-/m1/s1. The SMILES string of the molecule is COc1ccc2c(c1)C(=O)N(C[C@@]1(C#Cc3ccc(-c4nc(-c5cnn(C)c5)ccc4OC(=O)C(C)(C)C)cc3)NC(=O)NC1=O)C2. The number of aromatic nitrogens is 3. The number of ether oxygens (including phenoxy) is 2. The number of rotatable bonds is 6. The number of nitrogens with one attached hydrogen (secondary N) is 2. The van der Waals surface area contributed by atoms with E-state index in [1.165, 1.54) is 12.0 Å². The molecule has 1 saturated heterocycles. The Morgan fingerprint density at radius 3 is 2.45 bits per heavy atom. The molecule has 4 aromatic rings. The number of hydrogen-bond donors (Lipinski definition) is 2. The van der Waals surface area contributed by atoms with Crippen molar-refractivity contribution in [2.75, 3.05) is 13.7 Å². The molecule has 0 unspecified atom stereocenters. The Kier molecular flexibility index (Phi) is 7.77. The lowest BCUT2D eigenvalue weighted by Gasteiger charge is -2.26. The Hall–Kier alpha value is -5.96. The van der Waals surface area contributed by atoms with E-state index in [-0.39, 0.29) is 19.0 Å². The summed E-state index contributed by atoms with van der Waals surface area (Å²) >= 11 is 0. The zero-order chi connectivity index (χ0) is 33.5. The molecule has 0 aliphatic carbocycles. The first-order chi connectivity index (χ1) is 22.3. The molecule has 2 aromatic heterocycles. The summed E-state index contributed by atoms with van der Waals surface area (Å²) in [6.07, 6.45) is 3.54. The monoisotopic (exact) mass is 632 g/mol. The van der Waals surface area contributed by atoms with Gasteiger partial charge in [0, 0.05) is 42.0 Å². The summed E-state index contributed by atoms with van der Waals surface area (Å²) in [5, 5.41) is 9.10. The van der Waals surface area contributed by atoms with Gasteiger partial charge in [0.15, 0.2) is 5.75 Å². The molecular weight excluding hydrogens is 600 g/mol. The van der Waals surface area contributed by atoms with Gasteiger partial charge in [-0.2, -0.15) is 5.10 Å². The molecule has 12 nitrogen and oxygen atoms in total. The van der Waals surface area contributed by atoms with Crippen molar-refractivity contribution in [3.63, 3.8) is 0 Å². The van der Waals surface area contributed by atoms with Crippen molar-refractivity contribution >= 4 is 23.8 Å². The van der Waals surface area contributed by atoms with Gasteiger partial charge in [-0.05, 0) is 62.7 Å². The zero-order valence-electron chi connectivity index (χ0n) is 26.5. The van der Waals surface area contributed by atoms with Crippen LogP contribution in [0, 0.1) is 17.3 Å². The topological polar surface area (TPSA) is 145 Å². The fourth-order valence-electron chi connectivity index (χ4n) is 5.20. The quantitative estimate of drug-likeness (QED) is 0.186. The number of pyridine rings is 1. The number of esters is 1. The summed E-state index contributed by atoms with van der Waals surface area (Å²) in [6, 6.07) is 15.0. The Morgan fingerprint density at radius 2 is 1.81 bits per heavy atom. The highest BCUT2D eigenvalue weighted by Crippen LogP contribution is 2.33. The number of hydrogen-bond acceptors (Lipinski definition) is 8. The molecule has 4 heterocycles. The van der Waals surface area contributed by atoms with Crippen LogP contribution in [0.15, 0.2) is 67.0 Å². The maximum absolute atomic E-state index is 13.2. The van der Waals surface area contributed by atoms with Gasteiger partial charge in [-0.3, -0.25) is 24.4 Å². The van der Waals surface area contributed by atoms with E-state index >= 15 is 0 Å². The Balaban J connectivity index is 1.30. The fourth-order valence-corrected chi connectivity index (χ4v) is 5.20. The van der Waals surface area contributed by atoms with Gasteiger partial charge in [0.1, 0.15) is 11.4 Å². The van der Waals surface area contributed by atoms with Gasteiger partial charge < -0.3 is 19.7 Å². The molecule has 4 amide bonds. The molecular formula is C35H32N6O6. The second-order valence-electron chi connectivity index (χ2n) is 12.4. The summed E-state index contributed by atoms with van der Waals surface area (Å²) in [5.41, 5.74) is 1.97. The highest BCUT2D eigenvalue weighted by molar-refractivity contribution is 6.10. The van der Waals surface area contributed by atoms with Crippen molar-refractivity contribution < 1.29 is 28.7 Å².